The minimum absolute atomic E-state index is 0.00285. The van der Waals surface area contributed by atoms with E-state index in [1.807, 2.05) is 30.3 Å². The van der Waals surface area contributed by atoms with Crippen molar-refractivity contribution in [3.63, 3.8) is 0 Å². The van der Waals surface area contributed by atoms with Crippen molar-refractivity contribution in [3.05, 3.63) is 93.7 Å². The van der Waals surface area contributed by atoms with Gasteiger partial charge in [0.25, 0.3) is 5.56 Å². The Kier molecular flexibility index (Phi) is 7.53. The number of carbonyl (C=O) groups excluding carboxylic acids is 2. The molecule has 3 rings (SSSR count). The van der Waals surface area contributed by atoms with Gasteiger partial charge in [0.05, 0.1) is 5.56 Å². The van der Waals surface area contributed by atoms with E-state index < -0.39 is 41.1 Å². The van der Waals surface area contributed by atoms with Gasteiger partial charge in [-0.05, 0) is 24.6 Å². The number of hydrogen-bond donors (Lipinski definition) is 3. The van der Waals surface area contributed by atoms with Gasteiger partial charge in [-0.2, -0.15) is 0 Å². The van der Waals surface area contributed by atoms with Gasteiger partial charge in [-0.25, -0.2) is 19.4 Å². The number of rotatable bonds is 8. The van der Waals surface area contributed by atoms with Crippen LogP contribution in [0.1, 0.15) is 39.2 Å². The van der Waals surface area contributed by atoms with E-state index in [9.17, 15) is 24.3 Å². The van der Waals surface area contributed by atoms with Crippen molar-refractivity contribution in [2.45, 2.75) is 26.0 Å². The van der Waals surface area contributed by atoms with Crippen LogP contribution in [0.3, 0.4) is 0 Å². The average molecular weight is 451 g/mol. The topological polar surface area (TPSA) is 148 Å². The van der Waals surface area contributed by atoms with Gasteiger partial charge in [-0.3, -0.25) is 4.79 Å². The summed E-state index contributed by atoms with van der Waals surface area (Å²) in [5.74, 6) is -3.16. The second kappa shape index (κ2) is 10.7. The molecule has 0 aliphatic rings. The van der Waals surface area contributed by atoms with Gasteiger partial charge >= 0.3 is 18.0 Å². The van der Waals surface area contributed by atoms with Gasteiger partial charge in [0.15, 0.2) is 5.69 Å². The van der Waals surface area contributed by atoms with Crippen molar-refractivity contribution in [1.29, 1.82) is 0 Å². The second-order valence-corrected chi connectivity index (χ2v) is 7.06. The molecule has 0 spiro atoms. The fourth-order valence-corrected chi connectivity index (χ4v) is 2.88. The predicted molar refractivity (Wildman–Crippen MR) is 116 cm³/mol. The molecule has 0 radical (unpaired) electrons. The second-order valence-electron chi connectivity index (χ2n) is 7.06. The maximum absolute atomic E-state index is 12.4. The van der Waals surface area contributed by atoms with Crippen LogP contribution in [0.5, 0.6) is 5.75 Å². The number of alkyl carbamates (subject to hydrolysis) is 1. The molecule has 3 aromatic rings. The minimum atomic E-state index is -1.54. The molecular weight excluding hydrogens is 430 g/mol. The third-order valence-corrected chi connectivity index (χ3v) is 4.41. The van der Waals surface area contributed by atoms with Gasteiger partial charge in [0, 0.05) is 12.5 Å². The fraction of sp³-hybridized carbons (Fsp3) is 0.174. The van der Waals surface area contributed by atoms with Crippen molar-refractivity contribution in [1.82, 2.24) is 15.3 Å². The van der Waals surface area contributed by atoms with E-state index in [1.54, 1.807) is 25.1 Å². The Labute approximate surface area is 188 Å². The van der Waals surface area contributed by atoms with E-state index in [2.05, 4.69) is 15.3 Å². The molecule has 3 N–H and O–H groups in total. The Morgan fingerprint density at radius 1 is 1.06 bits per heavy atom. The number of aromatic amines is 1. The summed E-state index contributed by atoms with van der Waals surface area (Å²) in [6.45, 7) is 1.71. The minimum Gasteiger partial charge on any atom is -0.476 e. The summed E-state index contributed by atoms with van der Waals surface area (Å²) in [6.07, 6.45) is -0.677. The number of esters is 1. The maximum atomic E-state index is 12.4. The van der Waals surface area contributed by atoms with Crippen molar-refractivity contribution in [2.24, 2.45) is 0 Å². The Bertz CT molecular complexity index is 1190. The third kappa shape index (κ3) is 6.50. The first-order valence-corrected chi connectivity index (χ1v) is 9.94. The quantitative estimate of drug-likeness (QED) is 0.443. The number of hydrogen-bond acceptors (Lipinski definition) is 7. The standard InChI is InChI=1S/C23H21N3O7/c1-14(24-23(31)32-13-15-8-4-2-5-9-15)12-17-25-18(21(28)29)19(20(27)26-17)33-22(30)16-10-6-3-7-11-16/h2-11,14H,12-13H2,1H3,(H,24,31)(H,28,29)(H,25,26,27). The molecule has 0 fully saturated rings. The monoisotopic (exact) mass is 451 g/mol. The SMILES string of the molecule is CC(Cc1nc(C(=O)O)c(OC(=O)c2ccccc2)c(=O)[nH]1)NC(=O)OCc1ccccc1. The van der Waals surface area contributed by atoms with Crippen LogP contribution in [0.2, 0.25) is 0 Å². The van der Waals surface area contributed by atoms with Gasteiger partial charge in [-0.1, -0.05) is 48.5 Å². The lowest BCUT2D eigenvalue weighted by Crippen LogP contribution is -2.35. The lowest BCUT2D eigenvalue weighted by atomic mass is 10.2. The van der Waals surface area contributed by atoms with Gasteiger partial charge < -0.3 is 24.9 Å². The average Bonchev–Trinajstić information content (AvgIpc) is 2.80. The van der Waals surface area contributed by atoms with Crippen LogP contribution in [-0.4, -0.2) is 39.1 Å². The summed E-state index contributed by atoms with van der Waals surface area (Å²) >= 11 is 0. The zero-order valence-electron chi connectivity index (χ0n) is 17.6. The maximum Gasteiger partial charge on any atom is 0.407 e. The molecule has 0 bridgehead atoms. The van der Waals surface area contributed by atoms with Gasteiger partial charge in [0.1, 0.15) is 12.4 Å². The Hall–Kier alpha value is -4.47. The van der Waals surface area contributed by atoms with Crippen LogP contribution >= 0.6 is 0 Å². The number of nitrogens with zero attached hydrogens (tertiary/aromatic N) is 1. The zero-order chi connectivity index (χ0) is 23.8. The van der Waals surface area contributed by atoms with Crippen LogP contribution in [0, 0.1) is 0 Å². The number of carbonyl (C=O) groups is 3. The number of H-pyrrole nitrogens is 1. The number of aromatic nitrogens is 2. The summed E-state index contributed by atoms with van der Waals surface area (Å²) in [5.41, 5.74) is -0.681. The molecule has 1 unspecified atom stereocenters. The number of carboxylic acid groups (broad SMARTS) is 1. The molecule has 170 valence electrons. The fourth-order valence-electron chi connectivity index (χ4n) is 2.88. The summed E-state index contributed by atoms with van der Waals surface area (Å²) in [6, 6.07) is 16.4. The lowest BCUT2D eigenvalue weighted by Gasteiger charge is -2.14. The molecular formula is C23H21N3O7. The molecule has 0 aliphatic carbocycles. The summed E-state index contributed by atoms with van der Waals surface area (Å²) in [5, 5.41) is 12.0. The molecule has 1 heterocycles. The molecule has 0 aliphatic heterocycles. The zero-order valence-corrected chi connectivity index (χ0v) is 17.6. The van der Waals surface area contributed by atoms with Crippen molar-refractivity contribution >= 4 is 18.0 Å². The van der Waals surface area contributed by atoms with Crippen LogP contribution in [0.15, 0.2) is 65.5 Å². The molecule has 1 atom stereocenters. The normalized spacial score (nSPS) is 11.3. The number of amides is 1. The molecule has 1 amide bonds. The Morgan fingerprint density at radius 2 is 1.70 bits per heavy atom. The van der Waals surface area contributed by atoms with E-state index >= 15 is 0 Å². The van der Waals surface area contributed by atoms with Crippen molar-refractivity contribution < 1.29 is 29.0 Å². The molecule has 0 saturated heterocycles. The smallest absolute Gasteiger partial charge is 0.407 e. The highest BCUT2D eigenvalue weighted by atomic mass is 16.5. The number of benzene rings is 2. The van der Waals surface area contributed by atoms with Crippen LogP contribution in [-0.2, 0) is 17.8 Å². The first-order valence-electron chi connectivity index (χ1n) is 9.94. The number of nitrogens with one attached hydrogen (secondary N) is 2. The Balaban J connectivity index is 1.67. The van der Waals surface area contributed by atoms with Gasteiger partial charge in [-0.15, -0.1) is 0 Å². The van der Waals surface area contributed by atoms with Crippen LogP contribution in [0.25, 0.3) is 0 Å². The summed E-state index contributed by atoms with van der Waals surface area (Å²) in [4.78, 5) is 54.6. The van der Waals surface area contributed by atoms with Crippen LogP contribution < -0.4 is 15.6 Å². The molecule has 2 aromatic carbocycles. The van der Waals surface area contributed by atoms with Crippen molar-refractivity contribution in [2.75, 3.05) is 0 Å². The highest BCUT2D eigenvalue weighted by molar-refractivity contribution is 5.94. The summed E-state index contributed by atoms with van der Waals surface area (Å²) < 4.78 is 10.1. The first kappa shape index (κ1) is 23.2. The molecule has 33 heavy (non-hydrogen) atoms. The van der Waals surface area contributed by atoms with E-state index in [0.717, 1.165) is 5.56 Å². The number of ether oxygens (including phenoxy) is 2. The molecule has 10 heteroatoms. The van der Waals surface area contributed by atoms with E-state index in [4.69, 9.17) is 9.47 Å². The highest BCUT2D eigenvalue weighted by Crippen LogP contribution is 2.14. The highest BCUT2D eigenvalue weighted by Gasteiger charge is 2.23. The van der Waals surface area contributed by atoms with E-state index in [-0.39, 0.29) is 24.4 Å². The molecule has 0 saturated carbocycles. The lowest BCUT2D eigenvalue weighted by molar-refractivity contribution is 0.0671. The van der Waals surface area contributed by atoms with Gasteiger partial charge in [0.2, 0.25) is 5.75 Å². The Morgan fingerprint density at radius 3 is 2.33 bits per heavy atom. The van der Waals surface area contributed by atoms with Crippen LogP contribution in [0.4, 0.5) is 4.79 Å². The summed E-state index contributed by atoms with van der Waals surface area (Å²) in [7, 11) is 0. The molecule has 10 nitrogen and oxygen atoms in total. The number of aromatic carboxylic acids is 1. The van der Waals surface area contributed by atoms with E-state index in [1.165, 1.54) is 12.1 Å². The van der Waals surface area contributed by atoms with Crippen molar-refractivity contribution in [3.8, 4) is 5.75 Å². The number of carboxylic acids is 1. The van der Waals surface area contributed by atoms with E-state index in [0.29, 0.717) is 0 Å². The third-order valence-electron chi connectivity index (χ3n) is 4.41. The largest absolute Gasteiger partial charge is 0.476 e. The molecule has 1 aromatic heterocycles. The first-order chi connectivity index (χ1) is 15.8. The predicted octanol–water partition coefficient (Wildman–Crippen LogP) is 2.54.